The van der Waals surface area contributed by atoms with Gasteiger partial charge in [0.1, 0.15) is 0 Å². The smallest absolute Gasteiger partial charge is 0.0273 e. The maximum Gasteiger partial charge on any atom is 0.0273 e. The second-order valence-electron chi connectivity index (χ2n) is 1.37. The standard InChI is InChI=1S/C5H12N2/c1-7-5-3-2-4-6/h5H,2-4,6H2,1H3. The van der Waals surface area contributed by atoms with Gasteiger partial charge in [0.2, 0.25) is 0 Å². The molecule has 0 rings (SSSR count). The molecule has 0 aliphatic heterocycles. The monoisotopic (exact) mass is 100 g/mol. The van der Waals surface area contributed by atoms with Crippen molar-refractivity contribution in [3.8, 4) is 0 Å². The highest BCUT2D eigenvalue weighted by atomic mass is 14.6. The minimum Gasteiger partial charge on any atom is -0.330 e. The molecule has 0 aliphatic rings. The first-order chi connectivity index (χ1) is 3.41. The van der Waals surface area contributed by atoms with Crippen LogP contribution in [0, 0.1) is 0 Å². The largest absolute Gasteiger partial charge is 0.330 e. The first-order valence-electron chi connectivity index (χ1n) is 2.52. The van der Waals surface area contributed by atoms with E-state index in [9.17, 15) is 0 Å². The molecular weight excluding hydrogens is 88.1 g/mol. The molecule has 7 heavy (non-hydrogen) atoms. The lowest BCUT2D eigenvalue weighted by molar-refractivity contribution is 0.885. The maximum atomic E-state index is 5.21. The Hall–Kier alpha value is -0.370. The highest BCUT2D eigenvalue weighted by Crippen LogP contribution is 1.77. The molecule has 0 heterocycles. The quantitative estimate of drug-likeness (QED) is 0.405. The minimum absolute atomic E-state index is 0.770. The number of nitrogens with two attached hydrogens (primary N) is 1. The summed E-state index contributed by atoms with van der Waals surface area (Å²) in [5.41, 5.74) is 5.21. The third-order valence-corrected chi connectivity index (χ3v) is 0.720. The normalized spacial score (nSPS) is 10.6. The van der Waals surface area contributed by atoms with Crippen LogP contribution in [0.25, 0.3) is 0 Å². The van der Waals surface area contributed by atoms with E-state index in [2.05, 4.69) is 4.99 Å². The number of rotatable bonds is 3. The Balaban J connectivity index is 2.69. The van der Waals surface area contributed by atoms with Crippen molar-refractivity contribution in [2.45, 2.75) is 12.8 Å². The van der Waals surface area contributed by atoms with Gasteiger partial charge in [-0.25, -0.2) is 0 Å². The molecule has 0 saturated heterocycles. The zero-order chi connectivity index (χ0) is 5.54. The molecule has 2 N–H and O–H groups in total. The van der Waals surface area contributed by atoms with Gasteiger partial charge in [0.15, 0.2) is 0 Å². The van der Waals surface area contributed by atoms with E-state index < -0.39 is 0 Å². The summed E-state index contributed by atoms with van der Waals surface area (Å²) < 4.78 is 0. The first kappa shape index (κ1) is 6.63. The minimum atomic E-state index is 0.770. The van der Waals surface area contributed by atoms with Crippen molar-refractivity contribution in [3.63, 3.8) is 0 Å². The Morgan fingerprint density at radius 2 is 2.43 bits per heavy atom. The van der Waals surface area contributed by atoms with Crippen molar-refractivity contribution in [2.24, 2.45) is 10.7 Å². The summed E-state index contributed by atoms with van der Waals surface area (Å²) in [4.78, 5) is 3.79. The lowest BCUT2D eigenvalue weighted by atomic mass is 10.3. The molecule has 0 saturated carbocycles. The Bertz CT molecular complexity index is 50.0. The fourth-order valence-electron chi connectivity index (χ4n) is 0.338. The van der Waals surface area contributed by atoms with Crippen LogP contribution in [0.3, 0.4) is 0 Å². The van der Waals surface area contributed by atoms with E-state index in [1.807, 2.05) is 6.21 Å². The molecular formula is C5H12N2. The van der Waals surface area contributed by atoms with Crippen LogP contribution >= 0.6 is 0 Å². The zero-order valence-corrected chi connectivity index (χ0v) is 4.72. The average Bonchev–Trinajstić information content (AvgIpc) is 1.69. The third kappa shape index (κ3) is 5.63. The van der Waals surface area contributed by atoms with Crippen LogP contribution in [0.5, 0.6) is 0 Å². The van der Waals surface area contributed by atoms with Crippen LogP contribution in [0.4, 0.5) is 0 Å². The molecule has 0 aliphatic carbocycles. The molecule has 0 spiro atoms. The number of aliphatic imine (C=N–C) groups is 1. The summed E-state index contributed by atoms with van der Waals surface area (Å²) in [5.74, 6) is 0. The van der Waals surface area contributed by atoms with E-state index >= 15 is 0 Å². The predicted molar refractivity (Wildman–Crippen MR) is 32.7 cm³/mol. The fourth-order valence-corrected chi connectivity index (χ4v) is 0.338. The van der Waals surface area contributed by atoms with E-state index in [1.165, 1.54) is 0 Å². The van der Waals surface area contributed by atoms with Gasteiger partial charge in [0, 0.05) is 7.05 Å². The Morgan fingerprint density at radius 1 is 1.71 bits per heavy atom. The molecule has 0 unspecified atom stereocenters. The van der Waals surface area contributed by atoms with Gasteiger partial charge in [-0.15, -0.1) is 0 Å². The van der Waals surface area contributed by atoms with E-state index in [0.717, 1.165) is 19.4 Å². The summed E-state index contributed by atoms with van der Waals surface area (Å²) in [6.07, 6.45) is 3.96. The van der Waals surface area contributed by atoms with Gasteiger partial charge in [-0.2, -0.15) is 0 Å². The lowest BCUT2D eigenvalue weighted by Gasteiger charge is -1.83. The van der Waals surface area contributed by atoms with Gasteiger partial charge < -0.3 is 10.7 Å². The summed E-state index contributed by atoms with van der Waals surface area (Å²) >= 11 is 0. The van der Waals surface area contributed by atoms with Crippen LogP contribution in [0.15, 0.2) is 4.99 Å². The number of unbranched alkanes of at least 4 members (excludes halogenated alkanes) is 1. The van der Waals surface area contributed by atoms with E-state index in [1.54, 1.807) is 7.05 Å². The highest BCUT2D eigenvalue weighted by molar-refractivity contribution is 5.56. The van der Waals surface area contributed by atoms with Crippen LogP contribution in [0.2, 0.25) is 0 Å². The van der Waals surface area contributed by atoms with Gasteiger partial charge >= 0.3 is 0 Å². The van der Waals surface area contributed by atoms with Crippen molar-refractivity contribution in [1.29, 1.82) is 0 Å². The van der Waals surface area contributed by atoms with Crippen LogP contribution in [0.1, 0.15) is 12.8 Å². The number of hydrogen-bond donors (Lipinski definition) is 1. The van der Waals surface area contributed by atoms with Crippen LogP contribution < -0.4 is 5.73 Å². The van der Waals surface area contributed by atoms with E-state index in [0.29, 0.717) is 0 Å². The molecule has 0 radical (unpaired) electrons. The predicted octanol–water partition coefficient (Wildman–Crippen LogP) is 0.426. The third-order valence-electron chi connectivity index (χ3n) is 0.720. The molecule has 0 aromatic carbocycles. The maximum absolute atomic E-state index is 5.21. The Morgan fingerprint density at radius 3 is 2.86 bits per heavy atom. The topological polar surface area (TPSA) is 38.4 Å². The van der Waals surface area contributed by atoms with E-state index in [4.69, 9.17) is 5.73 Å². The summed E-state index contributed by atoms with van der Waals surface area (Å²) in [7, 11) is 1.77. The van der Waals surface area contributed by atoms with Gasteiger partial charge in [0.25, 0.3) is 0 Å². The molecule has 0 fully saturated rings. The van der Waals surface area contributed by atoms with Gasteiger partial charge in [-0.1, -0.05) is 0 Å². The molecule has 0 aromatic heterocycles. The van der Waals surface area contributed by atoms with Crippen molar-refractivity contribution in [1.82, 2.24) is 0 Å². The molecule has 0 aromatic rings. The van der Waals surface area contributed by atoms with Gasteiger partial charge in [0.05, 0.1) is 0 Å². The van der Waals surface area contributed by atoms with Gasteiger partial charge in [-0.3, -0.25) is 0 Å². The second kappa shape index (κ2) is 5.63. The summed E-state index contributed by atoms with van der Waals surface area (Å²) in [6, 6.07) is 0. The number of nitrogens with zero attached hydrogens (tertiary/aromatic N) is 1. The van der Waals surface area contributed by atoms with Crippen molar-refractivity contribution in [2.75, 3.05) is 13.6 Å². The molecule has 2 nitrogen and oxygen atoms in total. The van der Waals surface area contributed by atoms with Crippen LogP contribution in [-0.2, 0) is 0 Å². The molecule has 2 heteroatoms. The number of hydrogen-bond acceptors (Lipinski definition) is 2. The highest BCUT2D eigenvalue weighted by Gasteiger charge is 1.74. The molecule has 0 bridgehead atoms. The van der Waals surface area contributed by atoms with Crippen LogP contribution in [-0.4, -0.2) is 19.8 Å². The van der Waals surface area contributed by atoms with Crippen molar-refractivity contribution < 1.29 is 0 Å². The zero-order valence-electron chi connectivity index (χ0n) is 4.72. The summed E-state index contributed by atoms with van der Waals surface area (Å²) in [6.45, 7) is 0.770. The van der Waals surface area contributed by atoms with Crippen molar-refractivity contribution in [3.05, 3.63) is 0 Å². The molecule has 42 valence electrons. The van der Waals surface area contributed by atoms with Gasteiger partial charge in [-0.05, 0) is 25.6 Å². The molecule has 0 amide bonds. The van der Waals surface area contributed by atoms with Crippen molar-refractivity contribution >= 4 is 6.21 Å². The fraction of sp³-hybridized carbons (Fsp3) is 0.800. The second-order valence-corrected chi connectivity index (χ2v) is 1.37. The SMILES string of the molecule is CN=CCCCN. The first-order valence-corrected chi connectivity index (χ1v) is 2.52. The Labute approximate surface area is 44.4 Å². The lowest BCUT2D eigenvalue weighted by Crippen LogP contribution is -1.97. The average molecular weight is 100 g/mol. The van der Waals surface area contributed by atoms with E-state index in [-0.39, 0.29) is 0 Å². The summed E-state index contributed by atoms with van der Waals surface area (Å²) in [5, 5.41) is 0. The molecule has 0 atom stereocenters. The Kier molecular flexibility index (Phi) is 5.33.